The molecule has 1 aliphatic heterocycles. The number of benzene rings is 1. The van der Waals surface area contributed by atoms with Crippen LogP contribution in [0.3, 0.4) is 0 Å². The van der Waals surface area contributed by atoms with Crippen LogP contribution in [0.5, 0.6) is 0 Å². The molecule has 6 heteroatoms. The minimum Gasteiger partial charge on any atom is -0.396 e. The molecule has 0 spiro atoms. The molecule has 1 atom stereocenters. The number of nitrogens with zero attached hydrogens (tertiary/aromatic N) is 2. The Bertz CT molecular complexity index is 689. The van der Waals surface area contributed by atoms with Gasteiger partial charge in [-0.05, 0) is 30.9 Å². The molecule has 1 fully saturated rings. The number of halogens is 1. The molecule has 0 aliphatic carbocycles. The summed E-state index contributed by atoms with van der Waals surface area (Å²) in [5.74, 6) is -0.0658. The van der Waals surface area contributed by atoms with Crippen LogP contribution in [-0.4, -0.2) is 40.6 Å². The van der Waals surface area contributed by atoms with Crippen molar-refractivity contribution in [3.05, 3.63) is 41.2 Å². The first kappa shape index (κ1) is 16.1. The molecule has 3 rings (SSSR count). The van der Waals surface area contributed by atoms with Gasteiger partial charge in [-0.1, -0.05) is 12.1 Å². The van der Waals surface area contributed by atoms with Crippen molar-refractivity contribution in [1.29, 1.82) is 0 Å². The molecule has 1 aromatic heterocycles. The van der Waals surface area contributed by atoms with E-state index in [4.69, 9.17) is 0 Å². The highest BCUT2D eigenvalue weighted by atomic mass is 32.1. The number of carbonyl (C=O) groups excluding carboxylic acids is 1. The maximum atomic E-state index is 13.3. The summed E-state index contributed by atoms with van der Waals surface area (Å²) in [4.78, 5) is 18.6. The van der Waals surface area contributed by atoms with Gasteiger partial charge >= 0.3 is 0 Å². The Labute approximate surface area is 138 Å². The fraction of sp³-hybridized carbons (Fsp3) is 0.412. The van der Waals surface area contributed by atoms with Gasteiger partial charge in [0.1, 0.15) is 10.8 Å². The first-order valence-electron chi connectivity index (χ1n) is 7.74. The Kier molecular flexibility index (Phi) is 5.03. The maximum absolute atomic E-state index is 13.3. The number of carbonyl (C=O) groups is 1. The highest BCUT2D eigenvalue weighted by Gasteiger charge is 2.23. The third-order valence-corrected chi connectivity index (χ3v) is 5.03. The predicted octanol–water partition coefficient (Wildman–Crippen LogP) is 2.72. The average molecular weight is 334 g/mol. The number of rotatable bonds is 4. The Balaban J connectivity index is 1.66. The Hall–Kier alpha value is -1.79. The number of hydrogen-bond donors (Lipinski definition) is 1. The van der Waals surface area contributed by atoms with Crippen molar-refractivity contribution in [2.75, 3.05) is 19.7 Å². The third-order valence-electron chi connectivity index (χ3n) is 4.09. The Morgan fingerprint density at radius 3 is 3.13 bits per heavy atom. The lowest BCUT2D eigenvalue weighted by molar-refractivity contribution is -0.132. The average Bonchev–Trinajstić information content (AvgIpc) is 3.03. The van der Waals surface area contributed by atoms with E-state index in [1.54, 1.807) is 6.07 Å². The molecule has 2 aromatic rings. The van der Waals surface area contributed by atoms with Crippen molar-refractivity contribution in [2.45, 2.75) is 19.3 Å². The first-order valence-corrected chi connectivity index (χ1v) is 8.62. The third kappa shape index (κ3) is 3.95. The number of likely N-dealkylation sites (tertiary alicyclic amines) is 1. The lowest BCUT2D eigenvalue weighted by Crippen LogP contribution is -2.41. The fourth-order valence-corrected chi connectivity index (χ4v) is 3.67. The van der Waals surface area contributed by atoms with Gasteiger partial charge in [-0.15, -0.1) is 11.3 Å². The topological polar surface area (TPSA) is 53.4 Å². The minimum absolute atomic E-state index is 0.0410. The number of amides is 1. The summed E-state index contributed by atoms with van der Waals surface area (Å²) in [6, 6.07) is 6.31. The van der Waals surface area contributed by atoms with E-state index >= 15 is 0 Å². The van der Waals surface area contributed by atoms with Crippen LogP contribution >= 0.6 is 11.3 Å². The maximum Gasteiger partial charge on any atom is 0.228 e. The van der Waals surface area contributed by atoms with E-state index in [1.807, 2.05) is 16.3 Å². The monoisotopic (exact) mass is 334 g/mol. The summed E-state index contributed by atoms with van der Waals surface area (Å²) in [6.07, 6.45) is 2.16. The van der Waals surface area contributed by atoms with Gasteiger partial charge in [0, 0.05) is 30.6 Å². The Morgan fingerprint density at radius 2 is 2.35 bits per heavy atom. The summed E-state index contributed by atoms with van der Waals surface area (Å²) < 4.78 is 13.3. The standard InChI is InChI=1S/C17H19FN2O2S/c18-14-5-1-4-13(7-14)17-19-15(11-23-17)8-16(22)20-6-2-3-12(9-20)10-21/h1,4-5,7,11-12,21H,2-3,6,8-10H2. The smallest absolute Gasteiger partial charge is 0.228 e. The molecule has 4 nitrogen and oxygen atoms in total. The molecule has 1 unspecified atom stereocenters. The summed E-state index contributed by atoms with van der Waals surface area (Å²) in [5, 5.41) is 11.8. The normalized spacial score (nSPS) is 18.2. The van der Waals surface area contributed by atoms with Crippen molar-refractivity contribution >= 4 is 17.2 Å². The zero-order valence-corrected chi connectivity index (χ0v) is 13.6. The van der Waals surface area contributed by atoms with Gasteiger partial charge in [-0.3, -0.25) is 4.79 Å². The highest BCUT2D eigenvalue weighted by molar-refractivity contribution is 7.13. The second-order valence-electron chi connectivity index (χ2n) is 5.86. The van der Waals surface area contributed by atoms with Crippen LogP contribution in [0.4, 0.5) is 4.39 Å². The molecule has 0 saturated carbocycles. The SMILES string of the molecule is O=C(Cc1csc(-c2cccc(F)c2)n1)N1CCCC(CO)C1. The predicted molar refractivity (Wildman–Crippen MR) is 87.6 cm³/mol. The lowest BCUT2D eigenvalue weighted by atomic mass is 9.99. The second kappa shape index (κ2) is 7.19. The van der Waals surface area contributed by atoms with Crippen LogP contribution in [0, 0.1) is 11.7 Å². The summed E-state index contributed by atoms with van der Waals surface area (Å²) in [6.45, 7) is 1.50. The van der Waals surface area contributed by atoms with Crippen molar-refractivity contribution in [3.63, 3.8) is 0 Å². The van der Waals surface area contributed by atoms with Crippen molar-refractivity contribution in [1.82, 2.24) is 9.88 Å². The number of aliphatic hydroxyl groups is 1. The van der Waals surface area contributed by atoms with Crippen LogP contribution < -0.4 is 0 Å². The van der Waals surface area contributed by atoms with Crippen molar-refractivity contribution in [2.24, 2.45) is 5.92 Å². The molecule has 122 valence electrons. The molecular weight excluding hydrogens is 315 g/mol. The molecule has 1 aromatic carbocycles. The van der Waals surface area contributed by atoms with Gasteiger partial charge in [0.25, 0.3) is 0 Å². The molecular formula is C17H19FN2O2S. The van der Waals surface area contributed by atoms with E-state index in [1.165, 1.54) is 23.5 Å². The van der Waals surface area contributed by atoms with Crippen molar-refractivity contribution in [3.8, 4) is 10.6 Å². The quantitative estimate of drug-likeness (QED) is 0.935. The lowest BCUT2D eigenvalue weighted by Gasteiger charge is -2.31. The molecule has 2 heterocycles. The molecule has 1 aliphatic rings. The Morgan fingerprint density at radius 1 is 1.48 bits per heavy atom. The summed E-state index contributed by atoms with van der Waals surface area (Å²) >= 11 is 1.42. The molecule has 0 radical (unpaired) electrons. The van der Waals surface area contributed by atoms with E-state index in [-0.39, 0.29) is 30.7 Å². The fourth-order valence-electron chi connectivity index (χ4n) is 2.85. The number of hydrogen-bond acceptors (Lipinski definition) is 4. The highest BCUT2D eigenvalue weighted by Crippen LogP contribution is 2.25. The van der Waals surface area contributed by atoms with E-state index in [0.717, 1.165) is 30.0 Å². The summed E-state index contributed by atoms with van der Waals surface area (Å²) in [5.41, 5.74) is 1.44. The second-order valence-corrected chi connectivity index (χ2v) is 6.72. The van der Waals surface area contributed by atoms with Crippen LogP contribution in [-0.2, 0) is 11.2 Å². The number of aliphatic hydroxyl groups excluding tert-OH is 1. The largest absolute Gasteiger partial charge is 0.396 e. The van der Waals surface area contributed by atoms with Crippen LogP contribution in [0.2, 0.25) is 0 Å². The van der Waals surface area contributed by atoms with E-state index in [2.05, 4.69) is 4.98 Å². The van der Waals surface area contributed by atoms with Crippen LogP contribution in [0.1, 0.15) is 18.5 Å². The van der Waals surface area contributed by atoms with Gasteiger partial charge < -0.3 is 10.0 Å². The van der Waals surface area contributed by atoms with Crippen molar-refractivity contribution < 1.29 is 14.3 Å². The van der Waals surface area contributed by atoms with Gasteiger partial charge in [0.05, 0.1) is 12.1 Å². The van der Waals surface area contributed by atoms with E-state index in [0.29, 0.717) is 12.2 Å². The number of piperidine rings is 1. The van der Waals surface area contributed by atoms with E-state index < -0.39 is 0 Å². The minimum atomic E-state index is -0.293. The molecule has 1 amide bonds. The first-order chi connectivity index (χ1) is 11.2. The van der Waals surface area contributed by atoms with Gasteiger partial charge in [0.2, 0.25) is 5.91 Å². The zero-order valence-electron chi connectivity index (χ0n) is 12.7. The van der Waals surface area contributed by atoms with Gasteiger partial charge in [-0.2, -0.15) is 0 Å². The number of aromatic nitrogens is 1. The molecule has 23 heavy (non-hydrogen) atoms. The molecule has 1 N–H and O–H groups in total. The van der Waals surface area contributed by atoms with E-state index in [9.17, 15) is 14.3 Å². The zero-order chi connectivity index (χ0) is 16.2. The molecule has 1 saturated heterocycles. The number of thiazole rings is 1. The van der Waals surface area contributed by atoms with Crippen LogP contribution in [0.25, 0.3) is 10.6 Å². The van der Waals surface area contributed by atoms with Gasteiger partial charge in [0.15, 0.2) is 0 Å². The van der Waals surface area contributed by atoms with Crippen LogP contribution in [0.15, 0.2) is 29.6 Å². The molecule has 0 bridgehead atoms. The van der Waals surface area contributed by atoms with Gasteiger partial charge in [-0.25, -0.2) is 9.37 Å². The summed E-state index contributed by atoms with van der Waals surface area (Å²) in [7, 11) is 0.